The molecule has 1 aliphatic carbocycles. The molecule has 3 rings (SSSR count). The molecule has 2 aliphatic rings. The van der Waals surface area contributed by atoms with Crippen molar-refractivity contribution >= 4 is 29.7 Å². The van der Waals surface area contributed by atoms with Crippen molar-refractivity contribution in [1.82, 2.24) is 9.88 Å². The number of amides is 1. The topological polar surface area (TPSA) is 68.5 Å². The Morgan fingerprint density at radius 1 is 1.35 bits per heavy atom. The average Bonchev–Trinajstić information content (AvgIpc) is 3.26. The summed E-state index contributed by atoms with van der Waals surface area (Å²) in [6.45, 7) is 2.12. The van der Waals surface area contributed by atoms with Gasteiger partial charge in [-0.1, -0.05) is 12.8 Å². The first-order valence-electron chi connectivity index (χ1n) is 8.35. The van der Waals surface area contributed by atoms with Crippen molar-refractivity contribution in [3.63, 3.8) is 0 Å². The van der Waals surface area contributed by atoms with Crippen LogP contribution in [0, 0.1) is 0 Å². The molecule has 1 aliphatic heterocycles. The maximum atomic E-state index is 12.9. The van der Waals surface area contributed by atoms with Gasteiger partial charge >= 0.3 is 0 Å². The number of nitrogens with two attached hydrogens (primary N) is 1. The molecule has 1 aromatic rings. The lowest BCUT2D eigenvalue weighted by Crippen LogP contribution is -2.43. The van der Waals surface area contributed by atoms with Gasteiger partial charge in [0.25, 0.3) is 5.91 Å². The number of halogens is 1. The number of nitrogens with zero attached hydrogens (tertiary/aromatic N) is 2. The minimum Gasteiger partial charge on any atom is -0.376 e. The highest BCUT2D eigenvalue weighted by atomic mass is 35.5. The smallest absolute Gasteiger partial charge is 0.273 e. The third-order valence-electron chi connectivity index (χ3n) is 4.58. The Morgan fingerprint density at radius 2 is 2.13 bits per heavy atom. The largest absolute Gasteiger partial charge is 0.376 e. The summed E-state index contributed by atoms with van der Waals surface area (Å²) < 4.78 is 5.74. The molecule has 130 valence electrons. The average molecular weight is 360 g/mol. The lowest BCUT2D eigenvalue weighted by Gasteiger charge is -2.30. The molecule has 2 N–H and O–H groups in total. The van der Waals surface area contributed by atoms with Gasteiger partial charge < -0.3 is 15.4 Å². The van der Waals surface area contributed by atoms with Crippen LogP contribution in [0.4, 0.5) is 0 Å². The molecule has 1 amide bonds. The molecular formula is C16H26ClN3O2S. The molecule has 1 atom stereocenters. The first-order valence-corrected chi connectivity index (χ1v) is 9.23. The van der Waals surface area contributed by atoms with E-state index in [1.165, 1.54) is 24.2 Å². The molecule has 0 radical (unpaired) electrons. The Kier molecular flexibility index (Phi) is 7.27. The van der Waals surface area contributed by atoms with E-state index in [-0.39, 0.29) is 24.4 Å². The number of aromatic nitrogens is 1. The van der Waals surface area contributed by atoms with Crippen LogP contribution in [-0.4, -0.2) is 47.6 Å². The summed E-state index contributed by atoms with van der Waals surface area (Å²) in [6.07, 6.45) is 7.77. The maximum absolute atomic E-state index is 12.9. The second kappa shape index (κ2) is 8.97. The highest BCUT2D eigenvalue weighted by Crippen LogP contribution is 2.27. The molecule has 0 bridgehead atoms. The summed E-state index contributed by atoms with van der Waals surface area (Å²) in [4.78, 5) is 19.4. The van der Waals surface area contributed by atoms with Crippen LogP contribution < -0.4 is 5.73 Å². The quantitative estimate of drug-likeness (QED) is 0.847. The van der Waals surface area contributed by atoms with E-state index in [0.717, 1.165) is 43.7 Å². The number of hydrogen-bond acceptors (Lipinski definition) is 5. The second-order valence-corrected chi connectivity index (χ2v) is 7.14. The predicted molar refractivity (Wildman–Crippen MR) is 94.4 cm³/mol. The molecule has 5 nitrogen and oxygen atoms in total. The van der Waals surface area contributed by atoms with E-state index in [2.05, 4.69) is 4.98 Å². The third kappa shape index (κ3) is 4.66. The number of ether oxygens (including phenoxy) is 1. The zero-order valence-corrected chi connectivity index (χ0v) is 15.0. The summed E-state index contributed by atoms with van der Waals surface area (Å²) in [5.74, 6) is 0.0712. The molecule has 2 fully saturated rings. The van der Waals surface area contributed by atoms with Crippen molar-refractivity contribution in [2.24, 2.45) is 5.73 Å². The normalized spacial score (nSPS) is 21.3. The fourth-order valence-electron chi connectivity index (χ4n) is 3.42. The standard InChI is InChI=1S/C16H25N3O2S.ClH/c17-8-7-15-18-14(11-22-15)16(20)19(12-4-1-2-5-12)10-13-6-3-9-21-13;/h11-13H,1-10,17H2;1H. The molecule has 2 heterocycles. The Morgan fingerprint density at radius 3 is 2.78 bits per heavy atom. The van der Waals surface area contributed by atoms with Crippen LogP contribution in [0.5, 0.6) is 0 Å². The monoisotopic (exact) mass is 359 g/mol. The molecular weight excluding hydrogens is 334 g/mol. The van der Waals surface area contributed by atoms with Gasteiger partial charge in [0.05, 0.1) is 11.1 Å². The van der Waals surface area contributed by atoms with Crippen LogP contribution in [0.3, 0.4) is 0 Å². The first kappa shape index (κ1) is 18.6. The van der Waals surface area contributed by atoms with E-state index in [1.54, 1.807) is 0 Å². The Hall–Kier alpha value is -0.690. The number of thiazole rings is 1. The van der Waals surface area contributed by atoms with Crippen LogP contribution >= 0.6 is 23.7 Å². The maximum Gasteiger partial charge on any atom is 0.273 e. The van der Waals surface area contributed by atoms with E-state index >= 15 is 0 Å². The number of hydrogen-bond donors (Lipinski definition) is 1. The highest BCUT2D eigenvalue weighted by Gasteiger charge is 2.31. The summed E-state index contributed by atoms with van der Waals surface area (Å²) in [7, 11) is 0. The van der Waals surface area contributed by atoms with Gasteiger partial charge in [-0.15, -0.1) is 23.7 Å². The fourth-order valence-corrected chi connectivity index (χ4v) is 4.20. The van der Waals surface area contributed by atoms with Crippen molar-refractivity contribution in [2.75, 3.05) is 19.7 Å². The van der Waals surface area contributed by atoms with Crippen molar-refractivity contribution in [2.45, 2.75) is 57.1 Å². The number of carbonyl (C=O) groups is 1. The SMILES string of the molecule is Cl.NCCc1nc(C(=O)N(CC2CCCO2)C2CCCC2)cs1. The number of carbonyl (C=O) groups excluding carboxylic acids is 1. The fraction of sp³-hybridized carbons (Fsp3) is 0.750. The van der Waals surface area contributed by atoms with E-state index in [0.29, 0.717) is 24.8 Å². The van der Waals surface area contributed by atoms with Gasteiger partial charge in [-0.25, -0.2) is 4.98 Å². The summed E-state index contributed by atoms with van der Waals surface area (Å²) in [5.41, 5.74) is 6.15. The van der Waals surface area contributed by atoms with Gasteiger partial charge in [0.1, 0.15) is 5.69 Å². The highest BCUT2D eigenvalue weighted by molar-refractivity contribution is 7.09. The van der Waals surface area contributed by atoms with Gasteiger partial charge in [0.15, 0.2) is 0 Å². The first-order chi connectivity index (χ1) is 10.8. The lowest BCUT2D eigenvalue weighted by atomic mass is 10.1. The van der Waals surface area contributed by atoms with E-state index in [4.69, 9.17) is 10.5 Å². The zero-order valence-electron chi connectivity index (χ0n) is 13.4. The minimum absolute atomic E-state index is 0. The van der Waals surface area contributed by atoms with Gasteiger partial charge in [-0.05, 0) is 32.2 Å². The van der Waals surface area contributed by atoms with Crippen LogP contribution in [-0.2, 0) is 11.2 Å². The van der Waals surface area contributed by atoms with Gasteiger partial charge in [0, 0.05) is 31.0 Å². The van der Waals surface area contributed by atoms with Crippen LogP contribution in [0.2, 0.25) is 0 Å². The lowest BCUT2D eigenvalue weighted by molar-refractivity contribution is 0.0417. The van der Waals surface area contributed by atoms with E-state index in [1.807, 2.05) is 10.3 Å². The van der Waals surface area contributed by atoms with Gasteiger partial charge in [0.2, 0.25) is 0 Å². The minimum atomic E-state index is 0. The molecule has 7 heteroatoms. The van der Waals surface area contributed by atoms with E-state index < -0.39 is 0 Å². The zero-order chi connectivity index (χ0) is 15.4. The van der Waals surface area contributed by atoms with Crippen molar-refractivity contribution < 1.29 is 9.53 Å². The molecule has 1 unspecified atom stereocenters. The Balaban J connectivity index is 0.00000192. The summed E-state index contributed by atoms with van der Waals surface area (Å²) >= 11 is 1.54. The van der Waals surface area contributed by atoms with Crippen LogP contribution in [0.25, 0.3) is 0 Å². The van der Waals surface area contributed by atoms with Crippen LogP contribution in [0.15, 0.2) is 5.38 Å². The molecule has 1 saturated heterocycles. The second-order valence-electron chi connectivity index (χ2n) is 6.20. The summed E-state index contributed by atoms with van der Waals surface area (Å²) in [6, 6.07) is 0.358. The molecule has 0 aromatic carbocycles. The Labute approximate surface area is 148 Å². The predicted octanol–water partition coefficient (Wildman–Crippen LogP) is 2.63. The van der Waals surface area contributed by atoms with Crippen molar-refractivity contribution in [1.29, 1.82) is 0 Å². The molecule has 1 saturated carbocycles. The molecule has 1 aromatic heterocycles. The van der Waals surface area contributed by atoms with Gasteiger partial charge in [-0.3, -0.25) is 4.79 Å². The van der Waals surface area contributed by atoms with Crippen molar-refractivity contribution in [3.05, 3.63) is 16.1 Å². The molecule has 23 heavy (non-hydrogen) atoms. The Bertz CT molecular complexity index is 499. The van der Waals surface area contributed by atoms with Crippen LogP contribution in [0.1, 0.15) is 54.0 Å². The van der Waals surface area contributed by atoms with E-state index in [9.17, 15) is 4.79 Å². The summed E-state index contributed by atoms with van der Waals surface area (Å²) in [5, 5.41) is 2.83. The molecule has 0 spiro atoms. The van der Waals surface area contributed by atoms with Crippen molar-refractivity contribution in [3.8, 4) is 0 Å². The number of rotatable bonds is 6. The van der Waals surface area contributed by atoms with Gasteiger partial charge in [-0.2, -0.15) is 0 Å². The third-order valence-corrected chi connectivity index (χ3v) is 5.49.